The standard InChI is InChI=1S/C14H15N3O2/c1-8-13(18)17-12(14(19)15-8)7-10-6-9-4-2-3-5-11(9)16-10/h2-6,8,12,16H,7H2,1H3,(H,15,19)(H,17,18). The van der Waals surface area contributed by atoms with Crippen molar-refractivity contribution in [2.75, 3.05) is 0 Å². The number of amides is 2. The molecule has 1 aromatic heterocycles. The van der Waals surface area contributed by atoms with Gasteiger partial charge in [0.05, 0.1) is 0 Å². The number of nitrogens with one attached hydrogen (secondary N) is 3. The summed E-state index contributed by atoms with van der Waals surface area (Å²) in [5.74, 6) is -0.272. The van der Waals surface area contributed by atoms with Gasteiger partial charge in [-0.3, -0.25) is 9.59 Å². The Balaban J connectivity index is 1.80. The lowest BCUT2D eigenvalue weighted by atomic mass is 10.1. The quantitative estimate of drug-likeness (QED) is 0.741. The van der Waals surface area contributed by atoms with Crippen molar-refractivity contribution in [1.29, 1.82) is 0 Å². The zero-order valence-corrected chi connectivity index (χ0v) is 10.6. The van der Waals surface area contributed by atoms with Gasteiger partial charge in [-0.2, -0.15) is 0 Å². The van der Waals surface area contributed by atoms with E-state index in [0.29, 0.717) is 6.42 Å². The van der Waals surface area contributed by atoms with Crippen LogP contribution in [0.3, 0.4) is 0 Å². The summed E-state index contributed by atoms with van der Waals surface area (Å²) < 4.78 is 0. The lowest BCUT2D eigenvalue weighted by molar-refractivity contribution is -0.136. The molecule has 0 radical (unpaired) electrons. The average molecular weight is 257 g/mol. The van der Waals surface area contributed by atoms with Crippen molar-refractivity contribution in [2.24, 2.45) is 0 Å². The van der Waals surface area contributed by atoms with E-state index in [0.717, 1.165) is 16.6 Å². The number of para-hydroxylation sites is 1. The molecule has 2 atom stereocenters. The predicted molar refractivity (Wildman–Crippen MR) is 71.5 cm³/mol. The van der Waals surface area contributed by atoms with Gasteiger partial charge in [0, 0.05) is 17.6 Å². The largest absolute Gasteiger partial charge is 0.358 e. The third-order valence-electron chi connectivity index (χ3n) is 3.39. The SMILES string of the molecule is CC1NC(=O)C(Cc2cc3ccccc3[nH]2)NC1=O. The predicted octanol–water partition coefficient (Wildman–Crippen LogP) is 0.713. The van der Waals surface area contributed by atoms with Crippen LogP contribution in [0.1, 0.15) is 12.6 Å². The second kappa shape index (κ2) is 4.42. The van der Waals surface area contributed by atoms with E-state index in [2.05, 4.69) is 15.6 Å². The Kier molecular flexibility index (Phi) is 2.74. The third kappa shape index (κ3) is 2.19. The highest BCUT2D eigenvalue weighted by Crippen LogP contribution is 2.16. The fraction of sp³-hybridized carbons (Fsp3) is 0.286. The van der Waals surface area contributed by atoms with E-state index in [-0.39, 0.29) is 11.8 Å². The Hall–Kier alpha value is -2.30. The van der Waals surface area contributed by atoms with E-state index in [1.165, 1.54) is 0 Å². The van der Waals surface area contributed by atoms with Crippen molar-refractivity contribution in [3.05, 3.63) is 36.0 Å². The maximum atomic E-state index is 11.8. The molecule has 2 unspecified atom stereocenters. The van der Waals surface area contributed by atoms with Gasteiger partial charge in [-0.25, -0.2) is 0 Å². The Morgan fingerprint density at radius 2 is 1.89 bits per heavy atom. The Labute approximate surface area is 110 Å². The van der Waals surface area contributed by atoms with Crippen LogP contribution < -0.4 is 10.6 Å². The lowest BCUT2D eigenvalue weighted by Gasteiger charge is -2.27. The molecule has 1 aromatic carbocycles. The molecule has 3 rings (SSSR count). The summed E-state index contributed by atoms with van der Waals surface area (Å²) in [5, 5.41) is 6.51. The van der Waals surface area contributed by atoms with E-state index < -0.39 is 12.1 Å². The van der Waals surface area contributed by atoms with Crippen LogP contribution in [-0.2, 0) is 16.0 Å². The summed E-state index contributed by atoms with van der Waals surface area (Å²) in [6.45, 7) is 1.67. The second-order valence-corrected chi connectivity index (χ2v) is 4.88. The summed E-state index contributed by atoms with van der Waals surface area (Å²) in [6, 6.07) is 8.98. The first kappa shape index (κ1) is 11.8. The molecule has 5 heteroatoms. The van der Waals surface area contributed by atoms with E-state index in [1.807, 2.05) is 30.3 Å². The van der Waals surface area contributed by atoms with Crippen LogP contribution in [-0.4, -0.2) is 28.9 Å². The number of fused-ring (bicyclic) bond motifs is 1. The van der Waals surface area contributed by atoms with Gasteiger partial charge < -0.3 is 15.6 Å². The van der Waals surface area contributed by atoms with Gasteiger partial charge in [-0.05, 0) is 24.4 Å². The number of hydrogen-bond donors (Lipinski definition) is 3. The topological polar surface area (TPSA) is 74.0 Å². The third-order valence-corrected chi connectivity index (χ3v) is 3.39. The Bertz CT molecular complexity index is 614. The molecule has 2 heterocycles. The van der Waals surface area contributed by atoms with Gasteiger partial charge >= 0.3 is 0 Å². The number of piperazine rings is 1. The van der Waals surface area contributed by atoms with Gasteiger partial charge in [0.25, 0.3) is 0 Å². The summed E-state index contributed by atoms with van der Waals surface area (Å²) >= 11 is 0. The van der Waals surface area contributed by atoms with Gasteiger partial charge in [0.15, 0.2) is 0 Å². The molecule has 1 saturated heterocycles. The summed E-state index contributed by atoms with van der Waals surface area (Å²) in [4.78, 5) is 26.7. The Morgan fingerprint density at radius 1 is 1.11 bits per heavy atom. The van der Waals surface area contributed by atoms with Crippen molar-refractivity contribution in [3.8, 4) is 0 Å². The molecule has 1 aliphatic heterocycles. The molecule has 19 heavy (non-hydrogen) atoms. The Morgan fingerprint density at radius 3 is 2.68 bits per heavy atom. The minimum absolute atomic E-state index is 0.134. The second-order valence-electron chi connectivity index (χ2n) is 4.88. The highest BCUT2D eigenvalue weighted by molar-refractivity contribution is 5.96. The number of rotatable bonds is 2. The number of H-pyrrole nitrogens is 1. The van der Waals surface area contributed by atoms with Crippen molar-refractivity contribution in [2.45, 2.75) is 25.4 Å². The minimum atomic E-state index is -0.503. The highest BCUT2D eigenvalue weighted by atomic mass is 16.2. The molecule has 0 spiro atoms. The number of carbonyl (C=O) groups excluding carboxylic acids is 2. The van der Waals surface area contributed by atoms with E-state index in [9.17, 15) is 9.59 Å². The molecule has 5 nitrogen and oxygen atoms in total. The fourth-order valence-corrected chi connectivity index (χ4v) is 2.35. The molecule has 2 aromatic rings. The number of aromatic amines is 1. The van der Waals surface area contributed by atoms with E-state index >= 15 is 0 Å². The summed E-state index contributed by atoms with van der Waals surface area (Å²) in [5.41, 5.74) is 1.98. The van der Waals surface area contributed by atoms with Crippen molar-refractivity contribution >= 4 is 22.7 Å². The molecule has 98 valence electrons. The summed E-state index contributed by atoms with van der Waals surface area (Å²) in [7, 11) is 0. The normalized spacial score (nSPS) is 23.2. The maximum Gasteiger partial charge on any atom is 0.243 e. The van der Waals surface area contributed by atoms with Crippen LogP contribution >= 0.6 is 0 Å². The van der Waals surface area contributed by atoms with Gasteiger partial charge in [0.2, 0.25) is 11.8 Å². The van der Waals surface area contributed by atoms with E-state index in [1.54, 1.807) is 6.92 Å². The number of carbonyl (C=O) groups is 2. The first-order valence-electron chi connectivity index (χ1n) is 6.31. The van der Waals surface area contributed by atoms with Crippen molar-refractivity contribution < 1.29 is 9.59 Å². The monoisotopic (exact) mass is 257 g/mol. The number of hydrogen-bond acceptors (Lipinski definition) is 2. The molecule has 2 amide bonds. The number of aromatic nitrogens is 1. The van der Waals surface area contributed by atoms with Crippen LogP contribution in [0.4, 0.5) is 0 Å². The maximum absolute atomic E-state index is 11.8. The van der Waals surface area contributed by atoms with Crippen molar-refractivity contribution in [3.63, 3.8) is 0 Å². The molecule has 0 aliphatic carbocycles. The lowest BCUT2D eigenvalue weighted by Crippen LogP contribution is -2.61. The molecule has 0 bridgehead atoms. The van der Waals surface area contributed by atoms with Crippen molar-refractivity contribution in [1.82, 2.24) is 15.6 Å². The fourth-order valence-electron chi connectivity index (χ4n) is 2.35. The van der Waals surface area contributed by atoms with Crippen LogP contribution in [0.25, 0.3) is 10.9 Å². The average Bonchev–Trinajstić information content (AvgIpc) is 2.78. The highest BCUT2D eigenvalue weighted by Gasteiger charge is 2.31. The van der Waals surface area contributed by atoms with Crippen LogP contribution in [0.2, 0.25) is 0 Å². The molecular weight excluding hydrogens is 242 g/mol. The van der Waals surface area contributed by atoms with Crippen LogP contribution in [0.15, 0.2) is 30.3 Å². The zero-order valence-electron chi connectivity index (χ0n) is 10.6. The first-order chi connectivity index (χ1) is 9.13. The van der Waals surface area contributed by atoms with Crippen LogP contribution in [0, 0.1) is 0 Å². The van der Waals surface area contributed by atoms with Gasteiger partial charge in [0.1, 0.15) is 12.1 Å². The molecular formula is C14H15N3O2. The smallest absolute Gasteiger partial charge is 0.243 e. The van der Waals surface area contributed by atoms with Gasteiger partial charge in [-0.1, -0.05) is 18.2 Å². The minimum Gasteiger partial charge on any atom is -0.358 e. The first-order valence-corrected chi connectivity index (χ1v) is 6.31. The van der Waals surface area contributed by atoms with E-state index in [4.69, 9.17) is 0 Å². The number of benzene rings is 1. The van der Waals surface area contributed by atoms with Gasteiger partial charge in [-0.15, -0.1) is 0 Å². The molecule has 1 fully saturated rings. The summed E-state index contributed by atoms with van der Waals surface area (Å²) in [6.07, 6.45) is 0.471. The zero-order chi connectivity index (χ0) is 13.4. The molecule has 0 saturated carbocycles. The van der Waals surface area contributed by atoms with Crippen LogP contribution in [0.5, 0.6) is 0 Å². The molecule has 1 aliphatic rings. The molecule has 3 N–H and O–H groups in total.